The van der Waals surface area contributed by atoms with Crippen molar-refractivity contribution in [1.82, 2.24) is 0 Å². The molecule has 0 saturated carbocycles. The van der Waals surface area contributed by atoms with Crippen LogP contribution in [0.25, 0.3) is 0 Å². The number of carbonyl (C=O) groups excluding carboxylic acids is 2. The predicted molar refractivity (Wildman–Crippen MR) is 143 cm³/mol. The van der Waals surface area contributed by atoms with E-state index in [0.717, 1.165) is 21.5 Å². The maximum absolute atomic E-state index is 13.9. The molecular formula is C30H27O4P. The largest absolute Gasteiger partial charge is 0.462 e. The summed E-state index contributed by atoms with van der Waals surface area (Å²) in [5.41, 5.74) is 0.840. The van der Waals surface area contributed by atoms with Gasteiger partial charge in [0, 0.05) is 0 Å². The first-order chi connectivity index (χ1) is 17.2. The van der Waals surface area contributed by atoms with Crippen LogP contribution in [0.4, 0.5) is 0 Å². The quantitative estimate of drug-likeness (QED) is 0.211. The Morgan fingerprint density at radius 2 is 0.943 bits per heavy atom. The van der Waals surface area contributed by atoms with Crippen molar-refractivity contribution in [2.45, 2.75) is 13.5 Å². The van der Waals surface area contributed by atoms with Crippen molar-refractivity contribution in [3.63, 3.8) is 0 Å². The van der Waals surface area contributed by atoms with E-state index in [1.165, 1.54) is 0 Å². The van der Waals surface area contributed by atoms with Crippen molar-refractivity contribution in [1.29, 1.82) is 0 Å². The predicted octanol–water partition coefficient (Wildman–Crippen LogP) is 4.46. The molecule has 0 unspecified atom stereocenters. The Labute approximate surface area is 206 Å². The molecule has 4 rings (SSSR count). The van der Waals surface area contributed by atoms with Gasteiger partial charge in [-0.25, -0.2) is 9.59 Å². The zero-order valence-electron chi connectivity index (χ0n) is 19.5. The Balaban J connectivity index is 2.06. The van der Waals surface area contributed by atoms with Gasteiger partial charge in [-0.1, -0.05) is 121 Å². The fourth-order valence-corrected chi connectivity index (χ4v) is 8.34. The van der Waals surface area contributed by atoms with Crippen LogP contribution in [0.5, 0.6) is 0 Å². The molecule has 176 valence electrons. The molecule has 0 heterocycles. The standard InChI is InChI=1S/C30H27O4P/c1-2-33-29(31)28(30(32)34-23-24-15-7-3-8-16-24)35(25-17-9-4-10-18-25,26-19-11-5-12-20-26)27-21-13-6-14-22-27/h3-22H,2,23H2,1H3. The molecule has 0 aliphatic heterocycles. The number of benzene rings is 4. The molecule has 0 aromatic heterocycles. The van der Waals surface area contributed by atoms with Crippen molar-refractivity contribution < 1.29 is 19.1 Å². The van der Waals surface area contributed by atoms with Crippen molar-refractivity contribution in [2.24, 2.45) is 0 Å². The van der Waals surface area contributed by atoms with E-state index in [9.17, 15) is 9.59 Å². The van der Waals surface area contributed by atoms with Crippen LogP contribution in [-0.2, 0) is 25.7 Å². The molecule has 35 heavy (non-hydrogen) atoms. The number of ether oxygens (including phenoxy) is 2. The summed E-state index contributed by atoms with van der Waals surface area (Å²) in [5, 5.41) is 2.64. The molecule has 0 aliphatic carbocycles. The third kappa shape index (κ3) is 5.13. The van der Waals surface area contributed by atoms with E-state index < -0.39 is 18.8 Å². The van der Waals surface area contributed by atoms with E-state index in [1.54, 1.807) is 6.92 Å². The van der Waals surface area contributed by atoms with Gasteiger partial charge in [-0.05, 0) is 35.3 Å². The maximum atomic E-state index is 13.9. The third-order valence-corrected chi connectivity index (χ3v) is 9.89. The molecule has 0 radical (unpaired) electrons. The second-order valence-electron chi connectivity index (χ2n) is 7.81. The van der Waals surface area contributed by atoms with Gasteiger partial charge in [0.05, 0.1) is 6.61 Å². The highest BCUT2D eigenvalue weighted by Gasteiger charge is 2.38. The average molecular weight is 483 g/mol. The lowest BCUT2D eigenvalue weighted by atomic mass is 10.2. The minimum Gasteiger partial charge on any atom is -0.462 e. The molecular weight excluding hydrogens is 455 g/mol. The summed E-state index contributed by atoms with van der Waals surface area (Å²) in [6, 6.07) is 38.6. The summed E-state index contributed by atoms with van der Waals surface area (Å²) in [7, 11) is 0. The van der Waals surface area contributed by atoms with Gasteiger partial charge in [0.25, 0.3) is 0 Å². The van der Waals surface area contributed by atoms with E-state index in [1.807, 2.05) is 121 Å². The number of rotatable bonds is 8. The Kier molecular flexibility index (Phi) is 7.97. The van der Waals surface area contributed by atoms with Crippen molar-refractivity contribution in [3.05, 3.63) is 127 Å². The summed E-state index contributed by atoms with van der Waals surface area (Å²) in [5.74, 6) is -1.33. The van der Waals surface area contributed by atoms with E-state index in [-0.39, 0.29) is 18.5 Å². The molecule has 0 aliphatic rings. The van der Waals surface area contributed by atoms with Crippen LogP contribution in [-0.4, -0.2) is 23.8 Å². The molecule has 0 amide bonds. The molecule has 4 aromatic rings. The summed E-state index contributed by atoms with van der Waals surface area (Å²) in [6.07, 6.45) is 0. The third-order valence-electron chi connectivity index (χ3n) is 5.64. The molecule has 0 N–H and O–H groups in total. The Hall–Kier alpha value is -3.88. The molecule has 0 bridgehead atoms. The Bertz CT molecular complexity index is 1210. The van der Waals surface area contributed by atoms with Gasteiger partial charge in [-0.3, -0.25) is 0 Å². The number of hydrogen-bond acceptors (Lipinski definition) is 4. The average Bonchev–Trinajstić information content (AvgIpc) is 2.92. The molecule has 0 spiro atoms. The van der Waals surface area contributed by atoms with Gasteiger partial charge in [0.15, 0.2) is 5.29 Å². The Morgan fingerprint density at radius 3 is 1.34 bits per heavy atom. The van der Waals surface area contributed by atoms with Crippen LogP contribution in [0.2, 0.25) is 0 Å². The van der Waals surface area contributed by atoms with Crippen LogP contribution < -0.4 is 15.9 Å². The number of carbonyl (C=O) groups is 2. The molecule has 0 atom stereocenters. The minimum atomic E-state index is -2.96. The van der Waals surface area contributed by atoms with Gasteiger partial charge >= 0.3 is 11.9 Å². The maximum Gasteiger partial charge on any atom is 0.346 e. The topological polar surface area (TPSA) is 52.6 Å². The molecule has 0 fully saturated rings. The second kappa shape index (κ2) is 11.5. The van der Waals surface area contributed by atoms with Crippen LogP contribution in [0.3, 0.4) is 0 Å². The van der Waals surface area contributed by atoms with E-state index in [2.05, 4.69) is 0 Å². The van der Waals surface area contributed by atoms with Crippen LogP contribution in [0.15, 0.2) is 121 Å². The van der Waals surface area contributed by atoms with Crippen LogP contribution in [0.1, 0.15) is 12.5 Å². The first-order valence-electron chi connectivity index (χ1n) is 11.5. The number of hydrogen-bond donors (Lipinski definition) is 0. The van der Waals surface area contributed by atoms with Crippen LogP contribution in [0, 0.1) is 0 Å². The van der Waals surface area contributed by atoms with Gasteiger partial charge in [0.1, 0.15) is 6.61 Å². The number of esters is 2. The molecule has 5 heteroatoms. The lowest BCUT2D eigenvalue weighted by Crippen LogP contribution is -2.39. The highest BCUT2D eigenvalue weighted by Crippen LogP contribution is 2.46. The van der Waals surface area contributed by atoms with Gasteiger partial charge < -0.3 is 9.47 Å². The minimum absolute atomic E-state index is 0.0267. The van der Waals surface area contributed by atoms with E-state index in [0.29, 0.717) is 0 Å². The van der Waals surface area contributed by atoms with E-state index in [4.69, 9.17) is 9.47 Å². The lowest BCUT2D eigenvalue weighted by Gasteiger charge is -2.31. The lowest BCUT2D eigenvalue weighted by molar-refractivity contribution is -0.141. The smallest absolute Gasteiger partial charge is 0.346 e. The van der Waals surface area contributed by atoms with Crippen LogP contribution >= 0.6 is 6.89 Å². The SMILES string of the molecule is CCOC(=O)C(C(=O)OCc1ccccc1)=P(c1ccccc1)(c1ccccc1)c1ccccc1. The normalized spacial score (nSPS) is 10.9. The van der Waals surface area contributed by atoms with Crippen molar-refractivity contribution in [3.8, 4) is 0 Å². The fourth-order valence-electron chi connectivity index (χ4n) is 4.14. The highest BCUT2D eigenvalue weighted by molar-refractivity contribution is 7.97. The summed E-state index contributed by atoms with van der Waals surface area (Å²) in [4.78, 5) is 27.5. The molecule has 0 saturated heterocycles. The zero-order chi connectivity index (χ0) is 24.5. The molecule has 4 nitrogen and oxygen atoms in total. The highest BCUT2D eigenvalue weighted by atomic mass is 31.2. The first-order valence-corrected chi connectivity index (χ1v) is 13.3. The van der Waals surface area contributed by atoms with Crippen molar-refractivity contribution in [2.75, 3.05) is 6.61 Å². The summed E-state index contributed by atoms with van der Waals surface area (Å²) >= 11 is 0. The summed E-state index contributed by atoms with van der Waals surface area (Å²) in [6.45, 7) is -1.02. The van der Waals surface area contributed by atoms with Gasteiger partial charge in [-0.15, -0.1) is 0 Å². The fraction of sp³-hybridized carbons (Fsp3) is 0.100. The first kappa shape index (κ1) is 24.3. The second-order valence-corrected chi connectivity index (χ2v) is 11.1. The van der Waals surface area contributed by atoms with Gasteiger partial charge in [0.2, 0.25) is 0 Å². The Morgan fingerprint density at radius 1 is 0.571 bits per heavy atom. The zero-order valence-corrected chi connectivity index (χ0v) is 20.4. The van der Waals surface area contributed by atoms with E-state index >= 15 is 0 Å². The summed E-state index contributed by atoms with van der Waals surface area (Å²) < 4.78 is 11.3. The molecule has 4 aromatic carbocycles. The van der Waals surface area contributed by atoms with Crippen molar-refractivity contribution >= 4 is 40.0 Å². The van der Waals surface area contributed by atoms with Gasteiger partial charge in [-0.2, -0.15) is 0 Å². The monoisotopic (exact) mass is 482 g/mol.